The zero-order chi connectivity index (χ0) is 22.9. The van der Waals surface area contributed by atoms with E-state index < -0.39 is 23.3 Å². The average Bonchev–Trinajstić information content (AvgIpc) is 3.41. The molecular formula is C20H14ClF3N6O2. The van der Waals surface area contributed by atoms with E-state index in [0.29, 0.717) is 21.0 Å². The summed E-state index contributed by atoms with van der Waals surface area (Å²) in [4.78, 5) is 16.8. The molecule has 32 heavy (non-hydrogen) atoms. The van der Waals surface area contributed by atoms with Gasteiger partial charge in [0, 0.05) is 5.02 Å². The number of nitrogens with zero attached hydrogens (tertiary/aromatic N) is 4. The van der Waals surface area contributed by atoms with Crippen molar-refractivity contribution in [2.45, 2.75) is 6.18 Å². The Balaban J connectivity index is 1.65. The van der Waals surface area contributed by atoms with E-state index in [1.54, 1.807) is 24.3 Å². The summed E-state index contributed by atoms with van der Waals surface area (Å²) in [5, 5.41) is 12.8. The lowest BCUT2D eigenvalue weighted by atomic mass is 10.2. The van der Waals surface area contributed by atoms with Crippen molar-refractivity contribution in [2.75, 3.05) is 12.4 Å². The van der Waals surface area contributed by atoms with Crippen molar-refractivity contribution >= 4 is 23.5 Å². The molecule has 2 heterocycles. The summed E-state index contributed by atoms with van der Waals surface area (Å²) in [6, 6.07) is 12.5. The van der Waals surface area contributed by atoms with Crippen molar-refractivity contribution in [3.05, 3.63) is 71.0 Å². The summed E-state index contributed by atoms with van der Waals surface area (Å²) in [6.45, 7) is 0. The van der Waals surface area contributed by atoms with Gasteiger partial charge in [-0.2, -0.15) is 23.3 Å². The number of ether oxygens (including phenoxy) is 1. The Bertz CT molecular complexity index is 1270. The molecule has 2 aromatic heterocycles. The molecule has 0 unspecified atom stereocenters. The number of nitrogens with one attached hydrogen (secondary N) is 2. The summed E-state index contributed by atoms with van der Waals surface area (Å²) in [5.74, 6) is -0.498. The first-order chi connectivity index (χ1) is 15.3. The number of aromatic nitrogens is 5. The molecule has 4 rings (SSSR count). The highest BCUT2D eigenvalue weighted by atomic mass is 35.5. The topological polar surface area (TPSA) is 97.7 Å². The molecule has 0 fully saturated rings. The van der Waals surface area contributed by atoms with Crippen LogP contribution in [0.25, 0.3) is 17.1 Å². The standard InChI is InChI=1S/C20H14ClF3N6O2/c1-32-15-5-3-2-4-13(15)17-26-19(29-28-17)27-18(31)14-10-25-30(16(14)20(22,23)24)12-8-6-11(21)7-9-12/h2-10H,1H3,(H2,26,27,28,29,31). The van der Waals surface area contributed by atoms with Gasteiger partial charge < -0.3 is 4.74 Å². The highest BCUT2D eigenvalue weighted by Crippen LogP contribution is 2.34. The summed E-state index contributed by atoms with van der Waals surface area (Å²) in [5.41, 5.74) is -1.26. The minimum absolute atomic E-state index is 0.0946. The van der Waals surface area contributed by atoms with Gasteiger partial charge in [-0.1, -0.05) is 23.7 Å². The van der Waals surface area contributed by atoms with Gasteiger partial charge in [-0.3, -0.25) is 15.2 Å². The fourth-order valence-corrected chi connectivity index (χ4v) is 3.14. The third-order valence-electron chi connectivity index (χ3n) is 4.43. The quantitative estimate of drug-likeness (QED) is 0.452. The summed E-state index contributed by atoms with van der Waals surface area (Å²) in [7, 11) is 1.48. The highest BCUT2D eigenvalue weighted by molar-refractivity contribution is 6.30. The van der Waals surface area contributed by atoms with Crippen LogP contribution in [0.1, 0.15) is 16.1 Å². The highest BCUT2D eigenvalue weighted by Gasteiger charge is 2.40. The molecule has 0 atom stereocenters. The van der Waals surface area contributed by atoms with E-state index in [9.17, 15) is 18.0 Å². The van der Waals surface area contributed by atoms with E-state index in [-0.39, 0.29) is 17.5 Å². The number of hydrogen-bond donors (Lipinski definition) is 2. The summed E-state index contributed by atoms with van der Waals surface area (Å²) < 4.78 is 47.3. The number of rotatable bonds is 5. The number of benzene rings is 2. The number of hydrogen-bond acceptors (Lipinski definition) is 5. The van der Waals surface area contributed by atoms with Crippen molar-refractivity contribution in [3.63, 3.8) is 0 Å². The molecule has 0 aliphatic heterocycles. The van der Waals surface area contributed by atoms with Gasteiger partial charge in [-0.25, -0.2) is 4.68 Å². The van der Waals surface area contributed by atoms with Crippen LogP contribution in [-0.4, -0.2) is 38.0 Å². The van der Waals surface area contributed by atoms with E-state index in [0.717, 1.165) is 6.20 Å². The predicted octanol–water partition coefficient (Wildman–Crippen LogP) is 4.59. The van der Waals surface area contributed by atoms with Gasteiger partial charge in [0.2, 0.25) is 5.95 Å². The lowest BCUT2D eigenvalue weighted by Crippen LogP contribution is -2.21. The van der Waals surface area contributed by atoms with Crippen molar-refractivity contribution in [3.8, 4) is 22.8 Å². The molecule has 0 spiro atoms. The third-order valence-corrected chi connectivity index (χ3v) is 4.68. The zero-order valence-corrected chi connectivity index (χ0v) is 17.1. The van der Waals surface area contributed by atoms with Gasteiger partial charge >= 0.3 is 6.18 Å². The Hall–Kier alpha value is -3.86. The summed E-state index contributed by atoms with van der Waals surface area (Å²) in [6.07, 6.45) is -4.02. The maximum absolute atomic E-state index is 13.8. The smallest absolute Gasteiger partial charge is 0.434 e. The monoisotopic (exact) mass is 462 g/mol. The molecule has 8 nitrogen and oxygen atoms in total. The van der Waals surface area contributed by atoms with Crippen LogP contribution in [0.4, 0.5) is 19.1 Å². The number of anilines is 1. The minimum Gasteiger partial charge on any atom is -0.496 e. The first kappa shape index (κ1) is 21.4. The van der Waals surface area contributed by atoms with Crippen LogP contribution >= 0.6 is 11.6 Å². The maximum atomic E-state index is 13.8. The summed E-state index contributed by atoms with van der Waals surface area (Å²) >= 11 is 5.80. The average molecular weight is 463 g/mol. The van der Waals surface area contributed by atoms with Crippen LogP contribution in [0.5, 0.6) is 5.75 Å². The zero-order valence-electron chi connectivity index (χ0n) is 16.3. The van der Waals surface area contributed by atoms with Gasteiger partial charge in [-0.15, -0.1) is 5.10 Å². The first-order valence-electron chi connectivity index (χ1n) is 9.06. The second kappa shape index (κ2) is 8.35. The number of carbonyl (C=O) groups excluding carboxylic acids is 1. The van der Waals surface area contributed by atoms with Crippen molar-refractivity contribution in [1.82, 2.24) is 25.0 Å². The first-order valence-corrected chi connectivity index (χ1v) is 9.44. The number of H-pyrrole nitrogens is 1. The van der Waals surface area contributed by atoms with E-state index in [4.69, 9.17) is 16.3 Å². The second-order valence-corrected chi connectivity index (χ2v) is 6.89. The molecule has 0 aliphatic carbocycles. The van der Waals surface area contributed by atoms with Crippen molar-refractivity contribution in [1.29, 1.82) is 0 Å². The SMILES string of the molecule is COc1ccccc1-c1nc(NC(=O)c2cnn(-c3ccc(Cl)cc3)c2C(F)(F)F)n[nH]1. The Labute approximate surface area is 184 Å². The molecule has 1 amide bonds. The largest absolute Gasteiger partial charge is 0.496 e. The van der Waals surface area contributed by atoms with E-state index in [1.807, 2.05) is 0 Å². The molecule has 0 bridgehead atoms. The van der Waals surface area contributed by atoms with Crippen molar-refractivity contribution < 1.29 is 22.7 Å². The Morgan fingerprint density at radius 1 is 1.16 bits per heavy atom. The molecule has 0 saturated carbocycles. The lowest BCUT2D eigenvalue weighted by Gasteiger charge is -2.12. The van der Waals surface area contributed by atoms with Gasteiger partial charge in [-0.05, 0) is 36.4 Å². The molecule has 2 aromatic carbocycles. The number of alkyl halides is 3. The fraction of sp³-hybridized carbons (Fsp3) is 0.100. The molecule has 4 aromatic rings. The van der Waals surface area contributed by atoms with Crippen LogP contribution in [0.2, 0.25) is 5.02 Å². The third kappa shape index (κ3) is 4.14. The molecule has 0 saturated heterocycles. The van der Waals surface area contributed by atoms with Gasteiger partial charge in [0.05, 0.1) is 30.1 Å². The second-order valence-electron chi connectivity index (χ2n) is 6.45. The minimum atomic E-state index is -4.86. The maximum Gasteiger partial charge on any atom is 0.434 e. The van der Waals surface area contributed by atoms with Crippen LogP contribution in [0.15, 0.2) is 54.7 Å². The fourth-order valence-electron chi connectivity index (χ4n) is 3.01. The van der Waals surface area contributed by atoms with E-state index in [2.05, 4.69) is 25.6 Å². The van der Waals surface area contributed by atoms with Crippen LogP contribution in [-0.2, 0) is 6.18 Å². The predicted molar refractivity (Wildman–Crippen MR) is 110 cm³/mol. The van der Waals surface area contributed by atoms with Gasteiger partial charge in [0.25, 0.3) is 5.91 Å². The van der Waals surface area contributed by atoms with Crippen molar-refractivity contribution in [2.24, 2.45) is 0 Å². The number of para-hydroxylation sites is 1. The number of carbonyl (C=O) groups is 1. The van der Waals surface area contributed by atoms with E-state index in [1.165, 1.54) is 31.4 Å². The molecule has 2 N–H and O–H groups in total. The Kier molecular flexibility index (Phi) is 5.57. The van der Waals surface area contributed by atoms with Crippen LogP contribution in [0.3, 0.4) is 0 Å². The van der Waals surface area contributed by atoms with E-state index >= 15 is 0 Å². The molecule has 12 heteroatoms. The van der Waals surface area contributed by atoms with Gasteiger partial charge in [0.15, 0.2) is 11.5 Å². The Morgan fingerprint density at radius 3 is 2.56 bits per heavy atom. The number of methoxy groups -OCH3 is 1. The number of aromatic amines is 1. The number of halogens is 4. The normalized spacial score (nSPS) is 11.4. The van der Waals surface area contributed by atoms with Crippen LogP contribution in [0, 0.1) is 0 Å². The molecule has 0 aliphatic rings. The number of amides is 1. The van der Waals surface area contributed by atoms with Crippen LogP contribution < -0.4 is 10.1 Å². The molecular weight excluding hydrogens is 449 g/mol. The van der Waals surface area contributed by atoms with Gasteiger partial charge in [0.1, 0.15) is 5.75 Å². The molecule has 164 valence electrons. The Morgan fingerprint density at radius 2 is 1.88 bits per heavy atom. The lowest BCUT2D eigenvalue weighted by molar-refractivity contribution is -0.143. The molecule has 0 radical (unpaired) electrons.